The molecule has 3 aromatic rings. The molecule has 0 saturated carbocycles. The van der Waals surface area contributed by atoms with E-state index in [2.05, 4.69) is 10.2 Å². The molecular weight excluding hydrogens is 443 g/mol. The standard InChI is InChI=1S/C28H33FN4O2/c1-30-26(34)17-32-24-7-2-3-8-25(24)33(28(32)35)19-13-15-31(16-14-19)23-12-9-18-5-4-6-20-22(29)11-10-21(23)27(18)20/h2-3,7-8,10-11,18-19,23H,4-6,9,12-17H2,1H3,(H,30,34). The van der Waals surface area contributed by atoms with E-state index in [-0.39, 0.29) is 30.0 Å². The number of nitrogens with one attached hydrogen (secondary N) is 1. The second-order valence-electron chi connectivity index (χ2n) is 10.4. The number of aromatic nitrogens is 2. The number of para-hydroxylation sites is 2. The lowest BCUT2D eigenvalue weighted by Crippen LogP contribution is -2.41. The first-order valence-corrected chi connectivity index (χ1v) is 13.0. The predicted octanol–water partition coefficient (Wildman–Crippen LogP) is 4.28. The number of carbonyl (C=O) groups excluding carboxylic acids is 1. The van der Waals surface area contributed by atoms with Crippen LogP contribution in [0.4, 0.5) is 4.39 Å². The number of nitrogens with zero attached hydrogens (tertiary/aromatic N) is 3. The average Bonchev–Trinajstić information content (AvgIpc) is 3.17. The van der Waals surface area contributed by atoms with Gasteiger partial charge in [0.1, 0.15) is 12.4 Å². The number of piperidine rings is 1. The number of likely N-dealkylation sites (N-methyl/N-ethyl adjacent to an activating group) is 1. The van der Waals surface area contributed by atoms with Gasteiger partial charge in [0.2, 0.25) is 5.91 Å². The minimum atomic E-state index is -0.178. The lowest BCUT2D eigenvalue weighted by Gasteiger charge is -2.43. The van der Waals surface area contributed by atoms with Gasteiger partial charge in [-0.05, 0) is 85.8 Å². The molecule has 2 unspecified atom stereocenters. The summed E-state index contributed by atoms with van der Waals surface area (Å²) in [5.41, 5.74) is 5.21. The van der Waals surface area contributed by atoms with Crippen molar-refractivity contribution in [1.82, 2.24) is 19.4 Å². The maximum atomic E-state index is 14.6. The van der Waals surface area contributed by atoms with Crippen LogP contribution in [0, 0.1) is 5.82 Å². The lowest BCUT2D eigenvalue weighted by atomic mass is 9.71. The van der Waals surface area contributed by atoms with E-state index < -0.39 is 0 Å². The highest BCUT2D eigenvalue weighted by Crippen LogP contribution is 2.48. The van der Waals surface area contributed by atoms with Crippen molar-refractivity contribution in [2.75, 3.05) is 20.1 Å². The fraction of sp³-hybridized carbons (Fsp3) is 0.500. The number of carbonyl (C=O) groups is 1. The largest absolute Gasteiger partial charge is 0.358 e. The van der Waals surface area contributed by atoms with Gasteiger partial charge in [-0.1, -0.05) is 18.2 Å². The zero-order valence-electron chi connectivity index (χ0n) is 20.3. The molecule has 2 heterocycles. The van der Waals surface area contributed by atoms with Crippen molar-refractivity contribution in [3.05, 3.63) is 69.4 Å². The molecule has 6 nitrogen and oxygen atoms in total. The second kappa shape index (κ2) is 8.94. The van der Waals surface area contributed by atoms with Crippen LogP contribution in [0.3, 0.4) is 0 Å². The Morgan fingerprint density at radius 1 is 1.03 bits per heavy atom. The summed E-state index contributed by atoms with van der Waals surface area (Å²) in [4.78, 5) is 28.1. The van der Waals surface area contributed by atoms with Crippen LogP contribution in [-0.2, 0) is 17.8 Å². The van der Waals surface area contributed by atoms with Gasteiger partial charge >= 0.3 is 5.69 Å². The molecule has 184 valence electrons. The van der Waals surface area contributed by atoms with Crippen LogP contribution < -0.4 is 11.0 Å². The molecule has 6 rings (SSSR count). The molecule has 2 aliphatic carbocycles. The molecule has 2 aromatic carbocycles. The Kier molecular flexibility index (Phi) is 5.75. The Balaban J connectivity index is 1.26. The molecule has 1 N–H and O–H groups in total. The normalized spacial score (nSPS) is 22.8. The summed E-state index contributed by atoms with van der Waals surface area (Å²) in [6.45, 7) is 1.85. The lowest BCUT2D eigenvalue weighted by molar-refractivity contribution is -0.121. The first-order chi connectivity index (χ1) is 17.1. The van der Waals surface area contributed by atoms with E-state index in [1.807, 2.05) is 34.9 Å². The minimum absolute atomic E-state index is 0.0275. The number of benzene rings is 2. The SMILES string of the molecule is CNC(=O)Cn1c(=O)n(C2CCN(C3CCC4CCCc5c(F)ccc3c54)CC2)c2ccccc21. The Hall–Kier alpha value is -2.93. The van der Waals surface area contributed by atoms with Gasteiger partial charge < -0.3 is 5.32 Å². The van der Waals surface area contributed by atoms with Crippen molar-refractivity contribution in [2.45, 2.75) is 69.5 Å². The minimum Gasteiger partial charge on any atom is -0.358 e. The summed E-state index contributed by atoms with van der Waals surface area (Å²) in [6, 6.07) is 11.9. The van der Waals surface area contributed by atoms with Crippen molar-refractivity contribution in [3.8, 4) is 0 Å². The van der Waals surface area contributed by atoms with Crippen LogP contribution in [0.5, 0.6) is 0 Å². The maximum absolute atomic E-state index is 14.6. The second-order valence-corrected chi connectivity index (χ2v) is 10.4. The predicted molar refractivity (Wildman–Crippen MR) is 134 cm³/mol. The molecule has 0 radical (unpaired) electrons. The van der Waals surface area contributed by atoms with E-state index in [4.69, 9.17) is 0 Å². The van der Waals surface area contributed by atoms with Crippen molar-refractivity contribution in [3.63, 3.8) is 0 Å². The van der Waals surface area contributed by atoms with Crippen LogP contribution in [0.25, 0.3) is 11.0 Å². The molecule has 0 spiro atoms. The highest BCUT2D eigenvalue weighted by molar-refractivity contribution is 5.80. The van der Waals surface area contributed by atoms with Crippen molar-refractivity contribution in [2.24, 2.45) is 0 Å². The highest BCUT2D eigenvalue weighted by Gasteiger charge is 2.37. The van der Waals surface area contributed by atoms with Gasteiger partial charge in [0.25, 0.3) is 0 Å². The smallest absolute Gasteiger partial charge is 0.329 e. The zero-order valence-corrected chi connectivity index (χ0v) is 20.3. The van der Waals surface area contributed by atoms with Crippen LogP contribution in [0.15, 0.2) is 41.2 Å². The first-order valence-electron chi connectivity index (χ1n) is 13.0. The molecule has 0 bridgehead atoms. The number of halogens is 1. The molecule has 2 atom stereocenters. The molecule has 3 aliphatic rings. The molecule has 1 saturated heterocycles. The summed E-state index contributed by atoms with van der Waals surface area (Å²) in [6.07, 6.45) is 7.18. The Bertz CT molecular complexity index is 1330. The quantitative estimate of drug-likeness (QED) is 0.612. The molecule has 1 fully saturated rings. The molecule has 1 amide bonds. The average molecular weight is 477 g/mol. The third-order valence-corrected chi connectivity index (χ3v) is 8.62. The van der Waals surface area contributed by atoms with Crippen LogP contribution in [0.1, 0.15) is 73.2 Å². The Labute approximate surface area is 204 Å². The molecule has 7 heteroatoms. The molecular formula is C28H33FN4O2. The zero-order chi connectivity index (χ0) is 24.1. The summed E-state index contributed by atoms with van der Waals surface area (Å²) in [5, 5.41) is 2.63. The monoisotopic (exact) mass is 476 g/mol. The van der Waals surface area contributed by atoms with E-state index >= 15 is 0 Å². The number of likely N-dealkylation sites (tertiary alicyclic amines) is 1. The fourth-order valence-electron chi connectivity index (χ4n) is 6.95. The molecule has 1 aromatic heterocycles. The van der Waals surface area contributed by atoms with Gasteiger partial charge in [-0.2, -0.15) is 0 Å². The van der Waals surface area contributed by atoms with E-state index in [0.717, 1.165) is 68.2 Å². The van der Waals surface area contributed by atoms with Crippen molar-refractivity contribution >= 4 is 16.9 Å². The van der Waals surface area contributed by atoms with E-state index in [9.17, 15) is 14.0 Å². The van der Waals surface area contributed by atoms with E-state index in [1.54, 1.807) is 17.7 Å². The molecule has 1 aliphatic heterocycles. The van der Waals surface area contributed by atoms with E-state index in [0.29, 0.717) is 12.0 Å². The summed E-state index contributed by atoms with van der Waals surface area (Å²) >= 11 is 0. The van der Waals surface area contributed by atoms with Crippen LogP contribution in [0.2, 0.25) is 0 Å². The first kappa shape index (κ1) is 22.5. The number of imidazole rings is 1. The number of hydrogen-bond donors (Lipinski definition) is 1. The summed E-state index contributed by atoms with van der Waals surface area (Å²) < 4.78 is 18.1. The fourth-order valence-corrected chi connectivity index (χ4v) is 6.95. The topological polar surface area (TPSA) is 59.3 Å². The summed E-state index contributed by atoms with van der Waals surface area (Å²) in [7, 11) is 1.59. The number of rotatable bonds is 4. The van der Waals surface area contributed by atoms with Gasteiger partial charge in [0.05, 0.1) is 11.0 Å². The van der Waals surface area contributed by atoms with Crippen molar-refractivity contribution < 1.29 is 9.18 Å². The number of hydrogen-bond acceptors (Lipinski definition) is 3. The van der Waals surface area contributed by atoms with Crippen LogP contribution in [-0.4, -0.2) is 40.1 Å². The van der Waals surface area contributed by atoms with Crippen LogP contribution >= 0.6 is 0 Å². The number of fused-ring (bicyclic) bond motifs is 1. The third-order valence-electron chi connectivity index (χ3n) is 8.62. The number of amides is 1. The van der Waals surface area contributed by atoms with Gasteiger partial charge in [-0.15, -0.1) is 0 Å². The Morgan fingerprint density at radius 2 is 1.80 bits per heavy atom. The van der Waals surface area contributed by atoms with Gasteiger partial charge in [-0.3, -0.25) is 18.8 Å². The highest BCUT2D eigenvalue weighted by atomic mass is 19.1. The van der Waals surface area contributed by atoms with Gasteiger partial charge in [0.15, 0.2) is 0 Å². The van der Waals surface area contributed by atoms with E-state index in [1.165, 1.54) is 17.5 Å². The molecule has 35 heavy (non-hydrogen) atoms. The maximum Gasteiger partial charge on any atom is 0.329 e. The third kappa shape index (κ3) is 3.71. The summed E-state index contributed by atoms with van der Waals surface area (Å²) in [5.74, 6) is 0.312. The van der Waals surface area contributed by atoms with Gasteiger partial charge in [-0.25, -0.2) is 9.18 Å². The Morgan fingerprint density at radius 3 is 2.57 bits per heavy atom. The van der Waals surface area contributed by atoms with Crippen molar-refractivity contribution in [1.29, 1.82) is 0 Å². The van der Waals surface area contributed by atoms with Gasteiger partial charge in [0, 0.05) is 32.2 Å².